The molecule has 1 atom stereocenters. The molecule has 0 bridgehead atoms. The maximum Gasteiger partial charge on any atom is 0.0718 e. The lowest BCUT2D eigenvalue weighted by Crippen LogP contribution is -2.26. The zero-order chi connectivity index (χ0) is 13.0. The monoisotopic (exact) mass is 233 g/mol. The van der Waals surface area contributed by atoms with Crippen LogP contribution in [0.1, 0.15) is 28.9 Å². The number of azide groups is 1. The van der Waals surface area contributed by atoms with Gasteiger partial charge in [0.2, 0.25) is 0 Å². The van der Waals surface area contributed by atoms with Crippen LogP contribution in [0.25, 0.3) is 10.4 Å². The Morgan fingerprint density at radius 2 is 2.18 bits per heavy atom. The van der Waals surface area contributed by atoms with E-state index in [1.165, 1.54) is 12.1 Å². The van der Waals surface area contributed by atoms with E-state index in [2.05, 4.69) is 10.0 Å². The van der Waals surface area contributed by atoms with Crippen molar-refractivity contribution < 1.29 is 9.90 Å². The number of aromatic carboxylic acids is 1. The number of hydrogen-bond acceptors (Lipinski definition) is 4. The topological polar surface area (TPSA) is 92.1 Å². The molecule has 0 spiro atoms. The Kier molecular flexibility index (Phi) is 4.09. The summed E-state index contributed by atoms with van der Waals surface area (Å²) in [6, 6.07) is 4.30. The van der Waals surface area contributed by atoms with E-state index in [0.29, 0.717) is 11.3 Å². The van der Waals surface area contributed by atoms with E-state index < -0.39 is 5.97 Å². The molecule has 0 aliphatic heterocycles. The van der Waals surface area contributed by atoms with Crippen molar-refractivity contribution in [1.82, 2.24) is 4.90 Å². The first-order valence-electron chi connectivity index (χ1n) is 5.04. The predicted octanol–water partition coefficient (Wildman–Crippen LogP) is 1.61. The zero-order valence-corrected chi connectivity index (χ0v) is 9.91. The van der Waals surface area contributed by atoms with Gasteiger partial charge in [-0.1, -0.05) is 17.2 Å². The fourth-order valence-electron chi connectivity index (χ4n) is 1.47. The van der Waals surface area contributed by atoms with Gasteiger partial charge in [0.1, 0.15) is 0 Å². The van der Waals surface area contributed by atoms with Gasteiger partial charge in [-0.2, -0.15) is 0 Å². The van der Waals surface area contributed by atoms with Crippen molar-refractivity contribution >= 4 is 11.7 Å². The van der Waals surface area contributed by atoms with Gasteiger partial charge in [-0.15, -0.1) is 0 Å². The van der Waals surface area contributed by atoms with Crippen LogP contribution < -0.4 is 5.11 Å². The van der Waals surface area contributed by atoms with Crippen molar-refractivity contribution in [2.45, 2.75) is 13.0 Å². The smallest absolute Gasteiger partial charge is 0.0718 e. The Morgan fingerprint density at radius 1 is 1.53 bits per heavy atom. The lowest BCUT2D eigenvalue weighted by molar-refractivity contribution is -0.255. The number of carbonyl (C=O) groups is 1. The highest BCUT2D eigenvalue weighted by Crippen LogP contribution is 2.26. The van der Waals surface area contributed by atoms with E-state index in [1.807, 2.05) is 25.9 Å². The molecule has 1 aromatic rings. The molecule has 17 heavy (non-hydrogen) atoms. The molecule has 0 N–H and O–H groups in total. The van der Waals surface area contributed by atoms with Crippen LogP contribution in [-0.2, 0) is 0 Å². The Labute approximate surface area is 99.1 Å². The molecule has 6 heteroatoms. The standard InChI is InChI=1S/C11H14N4O2/c1-7(15(2)3)10-6-8(13-14-12)4-5-9(10)11(16)17/h4-7H,1-3H3,(H,16,17)/p-1. The summed E-state index contributed by atoms with van der Waals surface area (Å²) in [4.78, 5) is 15.5. The van der Waals surface area contributed by atoms with E-state index >= 15 is 0 Å². The first kappa shape index (κ1) is 13.0. The summed E-state index contributed by atoms with van der Waals surface area (Å²) >= 11 is 0. The van der Waals surface area contributed by atoms with Crippen LogP contribution >= 0.6 is 0 Å². The van der Waals surface area contributed by atoms with Crippen LogP contribution in [0.15, 0.2) is 23.3 Å². The van der Waals surface area contributed by atoms with Gasteiger partial charge in [-0.3, -0.25) is 0 Å². The molecule has 1 unspecified atom stereocenters. The quantitative estimate of drug-likeness (QED) is 0.449. The summed E-state index contributed by atoms with van der Waals surface area (Å²) in [5, 5.41) is 14.4. The number of carboxylic acid groups (broad SMARTS) is 1. The summed E-state index contributed by atoms with van der Waals surface area (Å²) in [7, 11) is 3.67. The molecule has 0 amide bonds. The number of benzene rings is 1. The first-order valence-corrected chi connectivity index (χ1v) is 5.04. The fourth-order valence-corrected chi connectivity index (χ4v) is 1.47. The van der Waals surface area contributed by atoms with E-state index in [1.54, 1.807) is 6.07 Å². The van der Waals surface area contributed by atoms with Crippen LogP contribution in [0.2, 0.25) is 0 Å². The number of carboxylic acids is 1. The van der Waals surface area contributed by atoms with Crippen molar-refractivity contribution in [3.8, 4) is 0 Å². The molecule has 1 aromatic carbocycles. The minimum atomic E-state index is -1.24. The predicted molar refractivity (Wildman–Crippen MR) is 61.7 cm³/mol. The molecular weight excluding hydrogens is 220 g/mol. The van der Waals surface area contributed by atoms with Crippen molar-refractivity contribution in [1.29, 1.82) is 0 Å². The molecule has 0 saturated heterocycles. The van der Waals surface area contributed by atoms with Crippen molar-refractivity contribution in [3.05, 3.63) is 39.8 Å². The molecule has 0 aromatic heterocycles. The highest BCUT2D eigenvalue weighted by Gasteiger charge is 2.13. The average Bonchev–Trinajstić information content (AvgIpc) is 2.28. The average molecular weight is 233 g/mol. The summed E-state index contributed by atoms with van der Waals surface area (Å²) in [5.74, 6) is -1.24. The largest absolute Gasteiger partial charge is 0.545 e. The van der Waals surface area contributed by atoms with Gasteiger partial charge in [-0.05, 0) is 38.2 Å². The summed E-state index contributed by atoms with van der Waals surface area (Å²) < 4.78 is 0. The molecule has 1 rings (SSSR count). The minimum absolute atomic E-state index is 0.114. The highest BCUT2D eigenvalue weighted by atomic mass is 16.4. The van der Waals surface area contributed by atoms with Crippen LogP contribution in [-0.4, -0.2) is 25.0 Å². The zero-order valence-electron chi connectivity index (χ0n) is 9.91. The normalized spacial score (nSPS) is 12.0. The Bertz CT molecular complexity index is 478. The molecule has 0 heterocycles. The van der Waals surface area contributed by atoms with Crippen molar-refractivity contribution in [2.24, 2.45) is 5.11 Å². The molecule has 0 fully saturated rings. The molecule has 6 nitrogen and oxygen atoms in total. The Balaban J connectivity index is 3.34. The van der Waals surface area contributed by atoms with Gasteiger partial charge < -0.3 is 14.8 Å². The van der Waals surface area contributed by atoms with Gasteiger partial charge in [0.05, 0.1) is 5.97 Å². The second kappa shape index (κ2) is 5.34. The summed E-state index contributed by atoms with van der Waals surface area (Å²) in [5.41, 5.74) is 9.43. The fraction of sp³-hybridized carbons (Fsp3) is 0.364. The molecule has 0 saturated carbocycles. The molecule has 0 aliphatic carbocycles. The molecule has 0 aliphatic rings. The Hall–Kier alpha value is -2.04. The van der Waals surface area contributed by atoms with Gasteiger partial charge in [0, 0.05) is 22.2 Å². The van der Waals surface area contributed by atoms with E-state index in [0.717, 1.165) is 0 Å². The van der Waals surface area contributed by atoms with E-state index in [4.69, 9.17) is 5.53 Å². The number of hydrogen-bond donors (Lipinski definition) is 0. The van der Waals surface area contributed by atoms with Gasteiger partial charge >= 0.3 is 0 Å². The second-order valence-electron chi connectivity index (χ2n) is 3.89. The summed E-state index contributed by atoms with van der Waals surface area (Å²) in [6.45, 7) is 1.86. The molecular formula is C11H13N4O2-. The van der Waals surface area contributed by atoms with Gasteiger partial charge in [0.25, 0.3) is 0 Å². The lowest BCUT2D eigenvalue weighted by atomic mass is 10.00. The molecule has 90 valence electrons. The van der Waals surface area contributed by atoms with Crippen LogP contribution in [0, 0.1) is 0 Å². The number of nitrogens with zero attached hydrogens (tertiary/aromatic N) is 4. The third-order valence-electron chi connectivity index (χ3n) is 2.64. The van der Waals surface area contributed by atoms with Crippen LogP contribution in [0.5, 0.6) is 0 Å². The maximum absolute atomic E-state index is 11.0. The van der Waals surface area contributed by atoms with E-state index in [9.17, 15) is 9.90 Å². The third kappa shape index (κ3) is 2.96. The highest BCUT2D eigenvalue weighted by molar-refractivity contribution is 5.88. The maximum atomic E-state index is 11.0. The first-order chi connectivity index (χ1) is 7.97. The number of carbonyl (C=O) groups excluding carboxylic acids is 1. The minimum Gasteiger partial charge on any atom is -0.545 e. The second-order valence-corrected chi connectivity index (χ2v) is 3.89. The van der Waals surface area contributed by atoms with Gasteiger partial charge in [-0.25, -0.2) is 0 Å². The van der Waals surface area contributed by atoms with Crippen LogP contribution in [0.4, 0.5) is 5.69 Å². The lowest BCUT2D eigenvalue weighted by Gasteiger charge is -2.23. The summed E-state index contributed by atoms with van der Waals surface area (Å²) in [6.07, 6.45) is 0. The SMILES string of the molecule is CC(c1cc(N=[N+]=[N-])ccc1C(=O)[O-])N(C)C. The van der Waals surface area contributed by atoms with E-state index in [-0.39, 0.29) is 11.6 Å². The Morgan fingerprint density at radius 3 is 2.65 bits per heavy atom. The molecule has 0 radical (unpaired) electrons. The number of rotatable bonds is 4. The van der Waals surface area contributed by atoms with Gasteiger partial charge in [0.15, 0.2) is 0 Å². The third-order valence-corrected chi connectivity index (χ3v) is 2.64. The van der Waals surface area contributed by atoms with Crippen LogP contribution in [0.3, 0.4) is 0 Å². The van der Waals surface area contributed by atoms with Crippen molar-refractivity contribution in [2.75, 3.05) is 14.1 Å². The van der Waals surface area contributed by atoms with Crippen molar-refractivity contribution in [3.63, 3.8) is 0 Å².